The first-order valence-electron chi connectivity index (χ1n) is 5.21. The van der Waals surface area contributed by atoms with Crippen molar-refractivity contribution in [2.24, 2.45) is 0 Å². The van der Waals surface area contributed by atoms with Crippen LogP contribution >= 0.6 is 0 Å². The second-order valence-corrected chi connectivity index (χ2v) is 3.60. The van der Waals surface area contributed by atoms with Gasteiger partial charge in [0.05, 0.1) is 0 Å². The number of ether oxygens (including phenoxy) is 1. The Labute approximate surface area is 96.0 Å². The molecule has 17 heavy (non-hydrogen) atoms. The summed E-state index contributed by atoms with van der Waals surface area (Å²) in [5, 5.41) is 0.348. The predicted octanol–water partition coefficient (Wildman–Crippen LogP) is 2.69. The number of aryl methyl sites for hydroxylation is 1. The Balaban J connectivity index is 2.55. The first kappa shape index (κ1) is 11.6. The van der Waals surface area contributed by atoms with E-state index >= 15 is 0 Å². The number of pyridine rings is 1. The van der Waals surface area contributed by atoms with Gasteiger partial charge >= 0.3 is 6.61 Å². The van der Waals surface area contributed by atoms with Gasteiger partial charge < -0.3 is 9.72 Å². The SMILES string of the molecule is CCc1cc(=O)c2cc(OC(F)F)ccc2[nH]1. The van der Waals surface area contributed by atoms with Gasteiger partial charge in [-0.25, -0.2) is 0 Å². The van der Waals surface area contributed by atoms with Gasteiger partial charge in [0, 0.05) is 22.7 Å². The number of aromatic nitrogens is 1. The molecule has 0 saturated carbocycles. The van der Waals surface area contributed by atoms with Crippen molar-refractivity contribution in [2.75, 3.05) is 0 Å². The molecule has 0 aliphatic rings. The van der Waals surface area contributed by atoms with Crippen LogP contribution in [0.5, 0.6) is 5.75 Å². The van der Waals surface area contributed by atoms with E-state index < -0.39 is 6.61 Å². The standard InChI is InChI=1S/C12H11F2NO2/c1-2-7-5-11(16)9-6-8(17-12(13)14)3-4-10(9)15-7/h3-6,12H,2H2,1H3,(H,15,16). The molecule has 0 unspecified atom stereocenters. The lowest BCUT2D eigenvalue weighted by molar-refractivity contribution is -0.0497. The number of hydrogen-bond donors (Lipinski definition) is 1. The Morgan fingerprint density at radius 1 is 1.35 bits per heavy atom. The summed E-state index contributed by atoms with van der Waals surface area (Å²) < 4.78 is 28.3. The number of alkyl halides is 2. The third-order valence-electron chi connectivity index (χ3n) is 2.46. The molecule has 0 fully saturated rings. The Kier molecular flexibility index (Phi) is 3.08. The molecule has 0 amide bonds. The van der Waals surface area contributed by atoms with E-state index in [1.165, 1.54) is 18.2 Å². The average Bonchev–Trinajstić information content (AvgIpc) is 2.29. The van der Waals surface area contributed by atoms with Crippen LogP contribution in [-0.4, -0.2) is 11.6 Å². The van der Waals surface area contributed by atoms with Crippen molar-refractivity contribution < 1.29 is 13.5 Å². The first-order chi connectivity index (χ1) is 8.10. The molecule has 3 nitrogen and oxygen atoms in total. The van der Waals surface area contributed by atoms with Gasteiger partial charge in [0.2, 0.25) is 0 Å². The maximum atomic E-state index is 12.0. The second kappa shape index (κ2) is 4.53. The molecule has 90 valence electrons. The van der Waals surface area contributed by atoms with E-state index in [9.17, 15) is 13.6 Å². The van der Waals surface area contributed by atoms with Crippen molar-refractivity contribution in [1.29, 1.82) is 0 Å². The predicted molar refractivity (Wildman–Crippen MR) is 60.6 cm³/mol. The fourth-order valence-corrected chi connectivity index (χ4v) is 1.65. The smallest absolute Gasteiger partial charge is 0.387 e. The Hall–Kier alpha value is -1.91. The Morgan fingerprint density at radius 3 is 2.76 bits per heavy atom. The molecule has 0 aliphatic carbocycles. The van der Waals surface area contributed by atoms with Gasteiger partial charge in [0.1, 0.15) is 5.75 Å². The molecule has 0 atom stereocenters. The molecule has 1 N–H and O–H groups in total. The lowest BCUT2D eigenvalue weighted by atomic mass is 10.1. The number of H-pyrrole nitrogens is 1. The van der Waals surface area contributed by atoms with Crippen molar-refractivity contribution in [3.8, 4) is 5.75 Å². The van der Waals surface area contributed by atoms with Crippen LogP contribution in [0.3, 0.4) is 0 Å². The maximum Gasteiger partial charge on any atom is 0.387 e. The molecule has 1 aromatic carbocycles. The zero-order valence-electron chi connectivity index (χ0n) is 9.17. The largest absolute Gasteiger partial charge is 0.435 e. The Bertz CT molecular complexity index is 593. The third kappa shape index (κ3) is 2.43. The van der Waals surface area contributed by atoms with Crippen LogP contribution in [0.4, 0.5) is 8.78 Å². The molecule has 1 heterocycles. The number of benzene rings is 1. The summed E-state index contributed by atoms with van der Waals surface area (Å²) in [5.74, 6) is -0.0118. The molecule has 0 radical (unpaired) electrons. The van der Waals surface area contributed by atoms with Crippen LogP contribution < -0.4 is 10.2 Å². The van der Waals surface area contributed by atoms with E-state index in [2.05, 4.69) is 9.72 Å². The van der Waals surface area contributed by atoms with Crippen molar-refractivity contribution in [2.45, 2.75) is 20.0 Å². The fraction of sp³-hybridized carbons (Fsp3) is 0.250. The van der Waals surface area contributed by atoms with Crippen LogP contribution in [0.1, 0.15) is 12.6 Å². The van der Waals surface area contributed by atoms with Gasteiger partial charge in [0.15, 0.2) is 5.43 Å². The number of nitrogens with one attached hydrogen (secondary N) is 1. The minimum atomic E-state index is -2.89. The summed E-state index contributed by atoms with van der Waals surface area (Å²) in [5.41, 5.74) is 1.23. The normalized spacial score (nSPS) is 11.1. The molecule has 2 aromatic rings. The highest BCUT2D eigenvalue weighted by atomic mass is 19.3. The summed E-state index contributed by atoms with van der Waals surface area (Å²) in [6, 6.07) is 5.76. The summed E-state index contributed by atoms with van der Waals surface area (Å²) in [7, 11) is 0. The molecule has 5 heteroatoms. The topological polar surface area (TPSA) is 42.1 Å². The molecule has 1 aromatic heterocycles. The van der Waals surface area contributed by atoms with Gasteiger partial charge in [-0.05, 0) is 24.6 Å². The Morgan fingerprint density at radius 2 is 2.12 bits per heavy atom. The van der Waals surface area contributed by atoms with E-state index in [1.807, 2.05) is 6.92 Å². The van der Waals surface area contributed by atoms with E-state index in [0.29, 0.717) is 17.3 Å². The molecule has 0 spiro atoms. The van der Waals surface area contributed by atoms with Crippen LogP contribution in [0.15, 0.2) is 29.1 Å². The zero-order valence-corrected chi connectivity index (χ0v) is 9.17. The number of aromatic amines is 1. The van der Waals surface area contributed by atoms with Crippen LogP contribution in [0, 0.1) is 0 Å². The summed E-state index contributed by atoms with van der Waals surface area (Å²) in [4.78, 5) is 14.8. The third-order valence-corrected chi connectivity index (χ3v) is 2.46. The van der Waals surface area contributed by atoms with E-state index in [-0.39, 0.29) is 11.2 Å². The van der Waals surface area contributed by atoms with Crippen molar-refractivity contribution in [3.05, 3.63) is 40.2 Å². The van der Waals surface area contributed by atoms with E-state index in [0.717, 1.165) is 5.69 Å². The number of fused-ring (bicyclic) bond motifs is 1. The van der Waals surface area contributed by atoms with Crippen molar-refractivity contribution >= 4 is 10.9 Å². The highest BCUT2D eigenvalue weighted by Gasteiger charge is 2.07. The number of hydrogen-bond acceptors (Lipinski definition) is 2. The molecule has 0 aliphatic heterocycles. The van der Waals surface area contributed by atoms with Gasteiger partial charge in [-0.15, -0.1) is 0 Å². The van der Waals surface area contributed by atoms with Gasteiger partial charge in [0.25, 0.3) is 0 Å². The molecule has 2 rings (SSSR count). The van der Waals surface area contributed by atoms with Gasteiger partial charge in [-0.1, -0.05) is 6.92 Å². The van der Waals surface area contributed by atoms with Crippen LogP contribution in [0.2, 0.25) is 0 Å². The fourth-order valence-electron chi connectivity index (χ4n) is 1.65. The number of rotatable bonds is 3. The highest BCUT2D eigenvalue weighted by molar-refractivity contribution is 5.80. The number of halogens is 2. The summed E-state index contributed by atoms with van der Waals surface area (Å²) in [6.07, 6.45) is 0.709. The van der Waals surface area contributed by atoms with Crippen LogP contribution in [-0.2, 0) is 6.42 Å². The van der Waals surface area contributed by atoms with Crippen molar-refractivity contribution in [1.82, 2.24) is 4.98 Å². The lowest BCUT2D eigenvalue weighted by Gasteiger charge is -2.06. The molecular weight excluding hydrogens is 228 g/mol. The molecule has 0 saturated heterocycles. The zero-order chi connectivity index (χ0) is 12.4. The van der Waals surface area contributed by atoms with Gasteiger partial charge in [-0.3, -0.25) is 4.79 Å². The second-order valence-electron chi connectivity index (χ2n) is 3.60. The molecule has 0 bridgehead atoms. The summed E-state index contributed by atoms with van der Waals surface area (Å²) >= 11 is 0. The average molecular weight is 239 g/mol. The quantitative estimate of drug-likeness (QED) is 0.894. The minimum Gasteiger partial charge on any atom is -0.435 e. The lowest BCUT2D eigenvalue weighted by Crippen LogP contribution is -2.06. The first-order valence-corrected chi connectivity index (χ1v) is 5.21. The van der Waals surface area contributed by atoms with Crippen LogP contribution in [0.25, 0.3) is 10.9 Å². The van der Waals surface area contributed by atoms with Gasteiger partial charge in [-0.2, -0.15) is 8.78 Å². The molecular formula is C12H11F2NO2. The summed E-state index contributed by atoms with van der Waals surface area (Å²) in [6.45, 7) is -0.966. The van der Waals surface area contributed by atoms with E-state index in [4.69, 9.17) is 0 Å². The maximum absolute atomic E-state index is 12.0. The minimum absolute atomic E-state index is 0.0118. The van der Waals surface area contributed by atoms with E-state index in [1.54, 1.807) is 6.07 Å². The monoisotopic (exact) mass is 239 g/mol. The highest BCUT2D eigenvalue weighted by Crippen LogP contribution is 2.19. The van der Waals surface area contributed by atoms with Crippen molar-refractivity contribution in [3.63, 3.8) is 0 Å².